The molecule has 0 amide bonds. The van der Waals surface area contributed by atoms with E-state index in [1.54, 1.807) is 0 Å². The number of benzene rings is 1. The summed E-state index contributed by atoms with van der Waals surface area (Å²) < 4.78 is 38.2. The second-order valence-corrected chi connectivity index (χ2v) is 12.9. The second-order valence-electron chi connectivity index (χ2n) is 7.78. The van der Waals surface area contributed by atoms with E-state index in [4.69, 9.17) is 26.6 Å². The highest BCUT2D eigenvalue weighted by molar-refractivity contribution is 6.78. The molecule has 0 saturated carbocycles. The molecule has 186 valence electrons. The first-order valence-electron chi connectivity index (χ1n) is 12.5. The van der Waals surface area contributed by atoms with Gasteiger partial charge in [-0.1, -0.05) is 59.7 Å². The predicted molar refractivity (Wildman–Crippen MR) is 135 cm³/mol. The molecule has 0 N–H and O–H groups in total. The Morgan fingerprint density at radius 2 is 0.719 bits per heavy atom. The van der Waals surface area contributed by atoms with Crippen LogP contribution >= 0.6 is 0 Å². The summed E-state index contributed by atoms with van der Waals surface area (Å²) in [5, 5.41) is 1.89. The van der Waals surface area contributed by atoms with Gasteiger partial charge in [0, 0.05) is 50.0 Å². The van der Waals surface area contributed by atoms with Gasteiger partial charge in [-0.15, -0.1) is 0 Å². The zero-order valence-electron chi connectivity index (χ0n) is 21.2. The van der Waals surface area contributed by atoms with Crippen LogP contribution < -0.4 is 10.4 Å². The molecule has 0 aliphatic rings. The van der Waals surface area contributed by atoms with E-state index >= 15 is 0 Å². The van der Waals surface area contributed by atoms with Crippen LogP contribution in [0.2, 0.25) is 0 Å². The van der Waals surface area contributed by atoms with E-state index in [0.29, 0.717) is 39.6 Å². The van der Waals surface area contributed by atoms with Crippen molar-refractivity contribution in [3.8, 4) is 0 Å². The molecule has 6 nitrogen and oxygen atoms in total. The van der Waals surface area contributed by atoms with Gasteiger partial charge in [0.1, 0.15) is 0 Å². The average Bonchev–Trinajstić information content (AvgIpc) is 2.83. The average molecular weight is 487 g/mol. The van der Waals surface area contributed by atoms with Crippen molar-refractivity contribution in [2.75, 3.05) is 39.6 Å². The SMILES string of the molecule is CCCO[Si](OCCC)(OCCC)c1cccc([Si](OCCC)(OCCC)OCCC)c1. The Hall–Kier alpha value is -0.586. The molecule has 0 atom stereocenters. The summed E-state index contributed by atoms with van der Waals surface area (Å²) >= 11 is 0. The monoisotopic (exact) mass is 486 g/mol. The Bertz CT molecular complexity index is 511. The Kier molecular flexibility index (Phi) is 15.6. The molecule has 0 aliphatic heterocycles. The molecule has 0 radical (unpaired) electrons. The first kappa shape index (κ1) is 29.4. The Morgan fingerprint density at radius 3 is 0.938 bits per heavy atom. The molecule has 0 fully saturated rings. The molecule has 1 aromatic rings. The molecule has 0 heterocycles. The van der Waals surface area contributed by atoms with Crippen LogP contribution in [-0.2, 0) is 26.6 Å². The van der Waals surface area contributed by atoms with Gasteiger partial charge in [0.15, 0.2) is 0 Å². The van der Waals surface area contributed by atoms with Gasteiger partial charge >= 0.3 is 17.6 Å². The van der Waals surface area contributed by atoms with Crippen molar-refractivity contribution < 1.29 is 26.6 Å². The van der Waals surface area contributed by atoms with E-state index < -0.39 is 17.6 Å². The fourth-order valence-electron chi connectivity index (χ4n) is 3.07. The molecule has 0 bridgehead atoms. The molecule has 0 spiro atoms. The summed E-state index contributed by atoms with van der Waals surface area (Å²) in [5.74, 6) is 0. The van der Waals surface area contributed by atoms with Crippen LogP contribution in [0.3, 0.4) is 0 Å². The third kappa shape index (κ3) is 8.98. The van der Waals surface area contributed by atoms with Crippen LogP contribution in [0, 0.1) is 0 Å². The lowest BCUT2D eigenvalue weighted by Gasteiger charge is -2.32. The summed E-state index contributed by atoms with van der Waals surface area (Å²) in [4.78, 5) is 0. The summed E-state index contributed by atoms with van der Waals surface area (Å²) in [6, 6.07) is 8.22. The Balaban J connectivity index is 3.49. The van der Waals surface area contributed by atoms with Gasteiger partial charge in [-0.2, -0.15) is 0 Å². The van der Waals surface area contributed by atoms with E-state index in [9.17, 15) is 0 Å². The largest absolute Gasteiger partial charge is 0.537 e. The van der Waals surface area contributed by atoms with Gasteiger partial charge < -0.3 is 26.6 Å². The van der Waals surface area contributed by atoms with E-state index in [2.05, 4.69) is 59.7 Å². The summed E-state index contributed by atoms with van der Waals surface area (Å²) in [7, 11) is -6.17. The van der Waals surface area contributed by atoms with Crippen LogP contribution in [0.25, 0.3) is 0 Å². The quantitative estimate of drug-likeness (QED) is 0.252. The van der Waals surface area contributed by atoms with Crippen molar-refractivity contribution in [3.63, 3.8) is 0 Å². The van der Waals surface area contributed by atoms with Gasteiger partial charge in [0.2, 0.25) is 0 Å². The maximum absolute atomic E-state index is 6.37. The molecule has 0 saturated heterocycles. The maximum atomic E-state index is 6.37. The molecular weight excluding hydrogens is 440 g/mol. The Labute approximate surface area is 198 Å². The predicted octanol–water partition coefficient (Wildman–Crippen LogP) is 4.54. The second kappa shape index (κ2) is 16.9. The lowest BCUT2D eigenvalue weighted by atomic mass is 10.4. The molecule has 8 heteroatoms. The third-order valence-electron chi connectivity index (χ3n) is 4.55. The highest BCUT2D eigenvalue weighted by atomic mass is 28.4. The molecule has 0 aliphatic carbocycles. The minimum atomic E-state index is -3.08. The first-order chi connectivity index (χ1) is 15.6. The van der Waals surface area contributed by atoms with E-state index in [0.717, 1.165) is 48.9 Å². The highest BCUT2D eigenvalue weighted by Gasteiger charge is 2.48. The zero-order valence-corrected chi connectivity index (χ0v) is 23.2. The first-order valence-corrected chi connectivity index (χ1v) is 16.0. The van der Waals surface area contributed by atoms with Crippen molar-refractivity contribution in [1.29, 1.82) is 0 Å². The normalized spacial score (nSPS) is 12.4. The number of hydrogen-bond donors (Lipinski definition) is 0. The zero-order chi connectivity index (χ0) is 23.7. The lowest BCUT2D eigenvalue weighted by molar-refractivity contribution is 0.0725. The summed E-state index contributed by atoms with van der Waals surface area (Å²) in [5.41, 5.74) is 0. The molecular formula is C24H46O6Si2. The minimum Gasteiger partial charge on any atom is -0.370 e. The van der Waals surface area contributed by atoms with Crippen molar-refractivity contribution in [2.24, 2.45) is 0 Å². The van der Waals surface area contributed by atoms with E-state index in [1.165, 1.54) is 0 Å². The van der Waals surface area contributed by atoms with Crippen LogP contribution in [-0.4, -0.2) is 57.3 Å². The fourth-order valence-corrected chi connectivity index (χ4v) is 8.82. The van der Waals surface area contributed by atoms with Gasteiger partial charge in [-0.3, -0.25) is 0 Å². The van der Waals surface area contributed by atoms with Crippen LogP contribution in [0.1, 0.15) is 80.1 Å². The number of hydrogen-bond acceptors (Lipinski definition) is 6. The van der Waals surface area contributed by atoms with E-state index in [1.807, 2.05) is 6.07 Å². The smallest absolute Gasteiger partial charge is 0.370 e. The van der Waals surface area contributed by atoms with Crippen molar-refractivity contribution in [3.05, 3.63) is 24.3 Å². The summed E-state index contributed by atoms with van der Waals surface area (Å²) in [6.45, 7) is 16.2. The molecule has 1 aromatic carbocycles. The molecule has 0 unspecified atom stereocenters. The van der Waals surface area contributed by atoms with Gasteiger partial charge in [0.05, 0.1) is 0 Å². The lowest BCUT2D eigenvalue weighted by Crippen LogP contribution is -2.61. The Morgan fingerprint density at radius 1 is 0.469 bits per heavy atom. The van der Waals surface area contributed by atoms with Crippen molar-refractivity contribution >= 4 is 28.0 Å². The summed E-state index contributed by atoms with van der Waals surface area (Å²) in [6.07, 6.45) is 5.40. The van der Waals surface area contributed by atoms with Crippen molar-refractivity contribution in [1.82, 2.24) is 0 Å². The van der Waals surface area contributed by atoms with Gasteiger partial charge in [-0.05, 0) is 44.6 Å². The molecule has 1 rings (SSSR count). The highest BCUT2D eigenvalue weighted by Crippen LogP contribution is 2.16. The van der Waals surface area contributed by atoms with E-state index in [-0.39, 0.29) is 0 Å². The molecule has 32 heavy (non-hydrogen) atoms. The molecule has 0 aromatic heterocycles. The maximum Gasteiger partial charge on any atom is 0.537 e. The minimum absolute atomic E-state index is 0.595. The van der Waals surface area contributed by atoms with Gasteiger partial charge in [0.25, 0.3) is 0 Å². The van der Waals surface area contributed by atoms with Crippen LogP contribution in [0.4, 0.5) is 0 Å². The third-order valence-corrected chi connectivity index (χ3v) is 10.1. The fraction of sp³-hybridized carbons (Fsp3) is 0.750. The van der Waals surface area contributed by atoms with Crippen molar-refractivity contribution in [2.45, 2.75) is 80.1 Å². The van der Waals surface area contributed by atoms with Gasteiger partial charge in [-0.25, -0.2) is 0 Å². The van der Waals surface area contributed by atoms with Crippen LogP contribution in [0.5, 0.6) is 0 Å². The van der Waals surface area contributed by atoms with Crippen LogP contribution in [0.15, 0.2) is 24.3 Å². The standard InChI is InChI=1S/C24H46O6Si2/c1-7-16-25-31(26-17-8-2,27-18-9-3)23-14-13-15-24(22-23)32(28-19-10-4,29-20-11-5)30-21-12-6/h13-15,22H,7-12,16-21H2,1-6H3. The number of rotatable bonds is 20. The topological polar surface area (TPSA) is 55.4 Å².